The second-order valence-corrected chi connectivity index (χ2v) is 7.52. The van der Waals surface area contributed by atoms with Gasteiger partial charge in [0.05, 0.1) is 11.1 Å². The summed E-state index contributed by atoms with van der Waals surface area (Å²) in [6.45, 7) is 5.64. The van der Waals surface area contributed by atoms with Gasteiger partial charge in [-0.25, -0.2) is 0 Å². The number of hydrogen-bond acceptors (Lipinski definition) is 5. The molecule has 0 aliphatic carbocycles. The van der Waals surface area contributed by atoms with Crippen molar-refractivity contribution in [3.63, 3.8) is 0 Å². The molecule has 3 fully saturated rings. The fourth-order valence-electron chi connectivity index (χ4n) is 5.11. The molecule has 0 spiro atoms. The van der Waals surface area contributed by atoms with Crippen molar-refractivity contribution in [3.8, 4) is 6.07 Å². The molecule has 2 aromatic rings. The van der Waals surface area contributed by atoms with Crippen LogP contribution in [0.4, 0.5) is 5.69 Å². The summed E-state index contributed by atoms with van der Waals surface area (Å²) in [5.74, 6) is 0.777. The Balaban J connectivity index is 1.49. The van der Waals surface area contributed by atoms with Gasteiger partial charge in [-0.15, -0.1) is 0 Å². The highest BCUT2D eigenvalue weighted by molar-refractivity contribution is 5.95. The van der Waals surface area contributed by atoms with Gasteiger partial charge in [-0.1, -0.05) is 0 Å². The van der Waals surface area contributed by atoms with E-state index in [2.05, 4.69) is 38.3 Å². The smallest absolute Gasteiger partial charge is 0.101 e. The van der Waals surface area contributed by atoms with Crippen LogP contribution in [0, 0.1) is 17.2 Å². The maximum absolute atomic E-state index is 9.37. The topological polar surface area (TPSA) is 55.2 Å². The summed E-state index contributed by atoms with van der Waals surface area (Å²) >= 11 is 0. The number of fused-ring (bicyclic) bond motifs is 4. The van der Waals surface area contributed by atoms with Crippen LogP contribution in [0.5, 0.6) is 0 Å². The van der Waals surface area contributed by atoms with E-state index in [1.807, 2.05) is 12.1 Å². The zero-order chi connectivity index (χ0) is 16.8. The molecule has 5 nitrogen and oxygen atoms in total. The lowest BCUT2D eigenvalue weighted by Crippen LogP contribution is -2.52. The fourth-order valence-corrected chi connectivity index (χ4v) is 5.11. The molecule has 25 heavy (non-hydrogen) atoms. The quantitative estimate of drug-likeness (QED) is 0.865. The molecule has 128 valence electrons. The number of nitrogens with one attached hydrogen (secondary N) is 1. The van der Waals surface area contributed by atoms with Crippen LogP contribution in [0.15, 0.2) is 30.5 Å². The average molecular weight is 333 g/mol. The summed E-state index contributed by atoms with van der Waals surface area (Å²) < 4.78 is 0. The number of hydrogen-bond donors (Lipinski definition) is 1. The minimum absolute atomic E-state index is 0.647. The molecule has 0 saturated carbocycles. The molecule has 1 N–H and O–H groups in total. The number of nitriles is 1. The molecular formula is C20H23N5. The fraction of sp³-hybridized carbons (Fsp3) is 0.500. The summed E-state index contributed by atoms with van der Waals surface area (Å²) in [5, 5.41) is 14.2. The van der Waals surface area contributed by atoms with E-state index >= 15 is 0 Å². The van der Waals surface area contributed by atoms with Gasteiger partial charge in [-0.3, -0.25) is 9.88 Å². The normalized spacial score (nSPS) is 29.2. The Bertz CT molecular complexity index is 842. The van der Waals surface area contributed by atoms with Gasteiger partial charge in [-0.05, 0) is 49.6 Å². The van der Waals surface area contributed by atoms with Crippen molar-refractivity contribution in [1.29, 1.82) is 5.26 Å². The maximum Gasteiger partial charge on any atom is 0.101 e. The minimum atomic E-state index is 0.647. The second kappa shape index (κ2) is 5.98. The number of piperidine rings is 1. The first kappa shape index (κ1) is 15.1. The van der Waals surface area contributed by atoms with Crippen molar-refractivity contribution in [2.24, 2.45) is 5.92 Å². The lowest BCUT2D eigenvalue weighted by Gasteiger charge is -2.41. The van der Waals surface area contributed by atoms with Gasteiger partial charge in [-0.2, -0.15) is 5.26 Å². The standard InChI is InChI=1S/C20H23N5/c21-11-14-5-6-18(16-4-2-8-23-20(14)16)25-10-9-24-12-17-15(19(24)13-25)3-1-7-22-17/h2,4-6,8,15,17,19,22H,1,3,7,9-10,12-13H2/t15?,17?,19-/m0/s1. The molecule has 2 unspecified atom stereocenters. The van der Waals surface area contributed by atoms with Gasteiger partial charge in [0.1, 0.15) is 6.07 Å². The van der Waals surface area contributed by atoms with Gasteiger partial charge >= 0.3 is 0 Å². The lowest BCUT2D eigenvalue weighted by atomic mass is 9.87. The number of benzene rings is 1. The second-order valence-electron chi connectivity index (χ2n) is 7.52. The molecule has 3 atom stereocenters. The molecule has 3 aliphatic rings. The van der Waals surface area contributed by atoms with Crippen molar-refractivity contribution in [1.82, 2.24) is 15.2 Å². The molecule has 3 aliphatic heterocycles. The molecule has 3 saturated heterocycles. The highest BCUT2D eigenvalue weighted by atomic mass is 15.3. The zero-order valence-corrected chi connectivity index (χ0v) is 14.4. The molecule has 5 heteroatoms. The molecule has 5 rings (SSSR count). The van der Waals surface area contributed by atoms with E-state index in [1.54, 1.807) is 6.20 Å². The van der Waals surface area contributed by atoms with Gasteiger partial charge in [0.2, 0.25) is 0 Å². The summed E-state index contributed by atoms with van der Waals surface area (Å²) in [6.07, 6.45) is 4.43. The third-order valence-electron chi connectivity index (χ3n) is 6.30. The Labute approximate surface area is 148 Å². The first-order valence-corrected chi connectivity index (χ1v) is 9.35. The largest absolute Gasteiger partial charge is 0.368 e. The van der Waals surface area contributed by atoms with Crippen LogP contribution in [0.25, 0.3) is 10.9 Å². The zero-order valence-electron chi connectivity index (χ0n) is 14.4. The molecule has 1 aromatic heterocycles. The van der Waals surface area contributed by atoms with Gasteiger partial charge in [0.15, 0.2) is 0 Å². The highest BCUT2D eigenvalue weighted by Gasteiger charge is 2.44. The SMILES string of the molecule is N#Cc1ccc(N2CCN3CC4NCCCC4[C@@H]3C2)c2cccnc12. The Hall–Kier alpha value is -2.16. The number of piperazine rings is 1. The molecule has 0 bridgehead atoms. The number of nitrogens with zero attached hydrogens (tertiary/aromatic N) is 4. The van der Waals surface area contributed by atoms with E-state index in [4.69, 9.17) is 0 Å². The predicted octanol–water partition coefficient (Wildman–Crippen LogP) is 1.98. The van der Waals surface area contributed by atoms with E-state index in [-0.39, 0.29) is 0 Å². The highest BCUT2D eigenvalue weighted by Crippen LogP contribution is 2.36. The third kappa shape index (κ3) is 2.40. The first-order valence-electron chi connectivity index (χ1n) is 9.35. The van der Waals surface area contributed by atoms with Crippen molar-refractivity contribution < 1.29 is 0 Å². The van der Waals surface area contributed by atoms with Crippen LogP contribution >= 0.6 is 0 Å². The Morgan fingerprint density at radius 3 is 3.08 bits per heavy atom. The number of pyridine rings is 1. The predicted molar refractivity (Wildman–Crippen MR) is 98.5 cm³/mol. The van der Waals surface area contributed by atoms with E-state index < -0.39 is 0 Å². The lowest BCUT2D eigenvalue weighted by molar-refractivity contribution is 0.195. The number of anilines is 1. The third-order valence-corrected chi connectivity index (χ3v) is 6.30. The van der Waals surface area contributed by atoms with Crippen molar-refractivity contribution in [2.75, 3.05) is 37.6 Å². The van der Waals surface area contributed by atoms with E-state index in [0.717, 1.165) is 36.5 Å². The number of aromatic nitrogens is 1. The van der Waals surface area contributed by atoms with Crippen LogP contribution in [-0.4, -0.2) is 54.7 Å². The average Bonchev–Trinajstić information content (AvgIpc) is 3.05. The number of rotatable bonds is 1. The maximum atomic E-state index is 9.37. The minimum Gasteiger partial charge on any atom is -0.368 e. The molecular weight excluding hydrogens is 310 g/mol. The van der Waals surface area contributed by atoms with Gasteiger partial charge in [0, 0.05) is 55.5 Å². The monoisotopic (exact) mass is 333 g/mol. The summed E-state index contributed by atoms with van der Waals surface area (Å²) in [5.41, 5.74) is 2.72. The Morgan fingerprint density at radius 2 is 2.16 bits per heavy atom. The molecule has 4 heterocycles. The molecule has 0 amide bonds. The van der Waals surface area contributed by atoms with Gasteiger partial charge < -0.3 is 10.2 Å². The summed E-state index contributed by atoms with van der Waals surface area (Å²) in [6, 6.07) is 11.7. The van der Waals surface area contributed by atoms with Crippen LogP contribution < -0.4 is 10.2 Å². The summed E-state index contributed by atoms with van der Waals surface area (Å²) in [7, 11) is 0. The van der Waals surface area contributed by atoms with E-state index in [0.29, 0.717) is 17.6 Å². The van der Waals surface area contributed by atoms with Gasteiger partial charge in [0.25, 0.3) is 0 Å². The molecule has 1 aromatic carbocycles. The van der Waals surface area contributed by atoms with Crippen LogP contribution in [0.3, 0.4) is 0 Å². The Kier molecular flexibility index (Phi) is 3.61. The Morgan fingerprint density at radius 1 is 1.20 bits per heavy atom. The van der Waals surface area contributed by atoms with E-state index in [9.17, 15) is 5.26 Å². The van der Waals surface area contributed by atoms with Crippen LogP contribution in [-0.2, 0) is 0 Å². The summed E-state index contributed by atoms with van der Waals surface area (Å²) in [4.78, 5) is 9.68. The van der Waals surface area contributed by atoms with Crippen LogP contribution in [0.2, 0.25) is 0 Å². The van der Waals surface area contributed by atoms with Crippen molar-refractivity contribution >= 4 is 16.6 Å². The molecule has 0 radical (unpaired) electrons. The first-order chi connectivity index (χ1) is 12.3. The van der Waals surface area contributed by atoms with Crippen molar-refractivity contribution in [2.45, 2.75) is 24.9 Å². The van der Waals surface area contributed by atoms with Crippen molar-refractivity contribution in [3.05, 3.63) is 36.0 Å². The van der Waals surface area contributed by atoms with Crippen LogP contribution in [0.1, 0.15) is 18.4 Å². The van der Waals surface area contributed by atoms with E-state index in [1.165, 1.54) is 31.6 Å².